The van der Waals surface area contributed by atoms with Gasteiger partial charge in [-0.3, -0.25) is 0 Å². The first-order valence-electron chi connectivity index (χ1n) is 4.97. The highest BCUT2D eigenvalue weighted by Crippen LogP contribution is 2.09. The van der Waals surface area contributed by atoms with Crippen LogP contribution in [0.1, 0.15) is 20.3 Å². The van der Waals surface area contributed by atoms with E-state index >= 15 is 0 Å². The SMILES string of the molecule is COC(=O)OC(C)CC(C)N(C)C(=O)OC. The van der Waals surface area contributed by atoms with Crippen LogP contribution in [-0.2, 0) is 14.2 Å². The van der Waals surface area contributed by atoms with E-state index in [1.54, 1.807) is 14.0 Å². The summed E-state index contributed by atoms with van der Waals surface area (Å²) < 4.78 is 13.8. The number of carbonyl (C=O) groups is 2. The molecule has 0 saturated carbocycles. The lowest BCUT2D eigenvalue weighted by Gasteiger charge is -2.25. The normalized spacial score (nSPS) is 13.6. The third-order valence-electron chi connectivity index (χ3n) is 2.26. The van der Waals surface area contributed by atoms with Crippen LogP contribution in [-0.4, -0.2) is 50.6 Å². The van der Waals surface area contributed by atoms with E-state index < -0.39 is 12.2 Å². The van der Waals surface area contributed by atoms with Crippen molar-refractivity contribution in [1.29, 1.82) is 0 Å². The van der Waals surface area contributed by atoms with Crippen molar-refractivity contribution in [2.75, 3.05) is 21.3 Å². The van der Waals surface area contributed by atoms with Crippen molar-refractivity contribution in [3.8, 4) is 0 Å². The van der Waals surface area contributed by atoms with Gasteiger partial charge in [-0.2, -0.15) is 0 Å². The molecule has 0 heterocycles. The summed E-state index contributed by atoms with van der Waals surface area (Å²) in [5, 5.41) is 0. The zero-order valence-electron chi connectivity index (χ0n) is 10.4. The van der Waals surface area contributed by atoms with Crippen LogP contribution in [0, 0.1) is 0 Å². The number of hydrogen-bond donors (Lipinski definition) is 0. The molecular formula is C10H19NO5. The maximum absolute atomic E-state index is 11.2. The van der Waals surface area contributed by atoms with Crippen LogP contribution in [0.4, 0.5) is 9.59 Å². The van der Waals surface area contributed by atoms with Gasteiger partial charge >= 0.3 is 12.2 Å². The number of nitrogens with zero attached hydrogens (tertiary/aromatic N) is 1. The van der Waals surface area contributed by atoms with Gasteiger partial charge in [-0.1, -0.05) is 0 Å². The Morgan fingerprint density at radius 2 is 1.75 bits per heavy atom. The van der Waals surface area contributed by atoms with Gasteiger partial charge in [0.25, 0.3) is 0 Å². The molecule has 2 unspecified atom stereocenters. The molecule has 0 aromatic rings. The first-order valence-corrected chi connectivity index (χ1v) is 4.97. The molecule has 0 saturated heterocycles. The van der Waals surface area contributed by atoms with Gasteiger partial charge in [0.15, 0.2) is 0 Å². The van der Waals surface area contributed by atoms with Crippen molar-refractivity contribution < 1.29 is 23.8 Å². The van der Waals surface area contributed by atoms with Gasteiger partial charge in [0.1, 0.15) is 6.10 Å². The fourth-order valence-electron chi connectivity index (χ4n) is 1.22. The van der Waals surface area contributed by atoms with Gasteiger partial charge in [-0.25, -0.2) is 9.59 Å². The Kier molecular flexibility index (Phi) is 6.29. The van der Waals surface area contributed by atoms with E-state index in [0.717, 1.165) is 0 Å². The topological polar surface area (TPSA) is 65.1 Å². The van der Waals surface area contributed by atoms with Crippen LogP contribution in [0.5, 0.6) is 0 Å². The van der Waals surface area contributed by atoms with E-state index in [9.17, 15) is 9.59 Å². The summed E-state index contributed by atoms with van der Waals surface area (Å²) in [6.45, 7) is 3.58. The molecule has 2 atom stereocenters. The number of amides is 1. The van der Waals surface area contributed by atoms with E-state index in [2.05, 4.69) is 9.47 Å². The molecule has 94 valence electrons. The molecule has 0 aliphatic rings. The molecule has 0 aliphatic carbocycles. The molecule has 16 heavy (non-hydrogen) atoms. The van der Waals surface area contributed by atoms with Gasteiger partial charge < -0.3 is 19.1 Å². The number of ether oxygens (including phenoxy) is 3. The molecule has 0 radical (unpaired) electrons. The Labute approximate surface area is 95.4 Å². The Morgan fingerprint density at radius 3 is 2.19 bits per heavy atom. The monoisotopic (exact) mass is 233 g/mol. The Hall–Kier alpha value is -1.46. The van der Waals surface area contributed by atoms with Crippen molar-refractivity contribution >= 4 is 12.2 Å². The maximum Gasteiger partial charge on any atom is 0.508 e. The van der Waals surface area contributed by atoms with Crippen molar-refractivity contribution in [1.82, 2.24) is 4.90 Å². The first kappa shape index (κ1) is 14.5. The molecule has 0 bridgehead atoms. The molecule has 0 rings (SSSR count). The lowest BCUT2D eigenvalue weighted by atomic mass is 10.1. The molecule has 0 N–H and O–H groups in total. The summed E-state index contributed by atoms with van der Waals surface area (Å²) in [7, 11) is 4.19. The third-order valence-corrected chi connectivity index (χ3v) is 2.26. The fourth-order valence-corrected chi connectivity index (χ4v) is 1.22. The van der Waals surface area contributed by atoms with Crippen LogP contribution < -0.4 is 0 Å². The summed E-state index contributed by atoms with van der Waals surface area (Å²) in [5.74, 6) is 0. The number of methoxy groups -OCH3 is 2. The standard InChI is InChI=1S/C10H19NO5/c1-7(11(3)9(12)14-4)6-8(2)16-10(13)15-5/h7-8H,6H2,1-5H3. The third kappa shape index (κ3) is 4.86. The smallest absolute Gasteiger partial charge is 0.453 e. The molecular weight excluding hydrogens is 214 g/mol. The minimum atomic E-state index is -0.722. The van der Waals surface area contributed by atoms with Gasteiger partial charge in [-0.05, 0) is 13.8 Å². The minimum absolute atomic E-state index is 0.0906. The van der Waals surface area contributed by atoms with E-state index in [1.807, 2.05) is 6.92 Å². The van der Waals surface area contributed by atoms with Gasteiger partial charge in [0.2, 0.25) is 0 Å². The van der Waals surface area contributed by atoms with Crippen LogP contribution in [0.2, 0.25) is 0 Å². The zero-order chi connectivity index (χ0) is 12.7. The molecule has 0 aromatic carbocycles. The van der Waals surface area contributed by atoms with Crippen LogP contribution in [0.15, 0.2) is 0 Å². The number of carbonyl (C=O) groups excluding carboxylic acids is 2. The fraction of sp³-hybridized carbons (Fsp3) is 0.800. The molecule has 0 aliphatic heterocycles. The first-order chi connectivity index (χ1) is 7.42. The predicted octanol–water partition coefficient (Wildman–Crippen LogP) is 1.63. The highest BCUT2D eigenvalue weighted by atomic mass is 16.7. The van der Waals surface area contributed by atoms with Gasteiger partial charge in [0.05, 0.1) is 14.2 Å². The second kappa shape index (κ2) is 6.92. The second-order valence-electron chi connectivity index (χ2n) is 3.55. The highest BCUT2D eigenvalue weighted by molar-refractivity contribution is 5.67. The average molecular weight is 233 g/mol. The molecule has 0 spiro atoms. The summed E-state index contributed by atoms with van der Waals surface area (Å²) >= 11 is 0. The predicted molar refractivity (Wildman–Crippen MR) is 57.2 cm³/mol. The molecule has 6 nitrogen and oxygen atoms in total. The summed E-state index contributed by atoms with van der Waals surface area (Å²) in [5.41, 5.74) is 0. The number of hydrogen-bond acceptors (Lipinski definition) is 5. The Bertz CT molecular complexity index is 243. The Balaban J connectivity index is 4.07. The molecule has 0 aromatic heterocycles. The highest BCUT2D eigenvalue weighted by Gasteiger charge is 2.20. The summed E-state index contributed by atoms with van der Waals surface area (Å²) in [6, 6.07) is -0.0906. The van der Waals surface area contributed by atoms with Crippen molar-refractivity contribution in [2.24, 2.45) is 0 Å². The van der Waals surface area contributed by atoms with Crippen LogP contribution in [0.3, 0.4) is 0 Å². The lowest BCUT2D eigenvalue weighted by molar-refractivity contribution is 0.0314. The lowest BCUT2D eigenvalue weighted by Crippen LogP contribution is -2.37. The largest absolute Gasteiger partial charge is 0.508 e. The van der Waals surface area contributed by atoms with Crippen molar-refractivity contribution in [2.45, 2.75) is 32.4 Å². The minimum Gasteiger partial charge on any atom is -0.453 e. The molecule has 0 fully saturated rings. The maximum atomic E-state index is 11.2. The van der Waals surface area contributed by atoms with Crippen LogP contribution >= 0.6 is 0 Å². The van der Waals surface area contributed by atoms with Crippen molar-refractivity contribution in [3.05, 3.63) is 0 Å². The second-order valence-corrected chi connectivity index (χ2v) is 3.55. The molecule has 1 amide bonds. The Morgan fingerprint density at radius 1 is 1.19 bits per heavy atom. The van der Waals surface area contributed by atoms with Gasteiger partial charge in [0, 0.05) is 19.5 Å². The van der Waals surface area contributed by atoms with E-state index in [4.69, 9.17) is 4.74 Å². The number of rotatable bonds is 4. The van der Waals surface area contributed by atoms with Gasteiger partial charge in [-0.15, -0.1) is 0 Å². The summed E-state index contributed by atoms with van der Waals surface area (Å²) in [4.78, 5) is 23.4. The van der Waals surface area contributed by atoms with E-state index in [1.165, 1.54) is 19.1 Å². The van der Waals surface area contributed by atoms with Crippen molar-refractivity contribution in [3.63, 3.8) is 0 Å². The molecule has 6 heteroatoms. The van der Waals surface area contributed by atoms with E-state index in [0.29, 0.717) is 6.42 Å². The van der Waals surface area contributed by atoms with Crippen LogP contribution in [0.25, 0.3) is 0 Å². The van der Waals surface area contributed by atoms with E-state index in [-0.39, 0.29) is 12.1 Å². The average Bonchev–Trinajstić information content (AvgIpc) is 2.26. The quantitative estimate of drug-likeness (QED) is 0.690. The summed E-state index contributed by atoms with van der Waals surface area (Å²) in [6.07, 6.45) is -0.950. The zero-order valence-corrected chi connectivity index (χ0v) is 10.4.